The van der Waals surface area contributed by atoms with Crippen LogP contribution in [0.3, 0.4) is 0 Å². The molecule has 0 saturated carbocycles. The Hall–Kier alpha value is -2.23. The van der Waals surface area contributed by atoms with Crippen molar-refractivity contribution in [2.45, 2.75) is 12.5 Å². The molecule has 120 valence electrons. The summed E-state index contributed by atoms with van der Waals surface area (Å²) in [6, 6.07) is -0.327. The molecule has 0 radical (unpaired) electrons. The third-order valence-electron chi connectivity index (χ3n) is 4.17. The lowest BCUT2D eigenvalue weighted by atomic mass is 9.98. The van der Waals surface area contributed by atoms with Gasteiger partial charge in [-0.1, -0.05) is 17.0 Å². The van der Waals surface area contributed by atoms with Gasteiger partial charge < -0.3 is 10.2 Å². The highest BCUT2D eigenvalue weighted by Crippen LogP contribution is 2.28. The SMILES string of the molecule is Cn1nnc2c(N3CC(C(=O)NC4CCSC4=O)C3)ncnc21. The average Bonchev–Trinajstić information content (AvgIpc) is 3.05. The van der Waals surface area contributed by atoms with Crippen LogP contribution in [0.5, 0.6) is 0 Å². The second-order valence-corrected chi connectivity index (χ2v) is 6.80. The quantitative estimate of drug-likeness (QED) is 0.789. The van der Waals surface area contributed by atoms with E-state index < -0.39 is 0 Å². The molecule has 2 aliphatic heterocycles. The molecule has 10 heteroatoms. The maximum absolute atomic E-state index is 12.2. The summed E-state index contributed by atoms with van der Waals surface area (Å²) in [5, 5.41) is 10.9. The van der Waals surface area contributed by atoms with Gasteiger partial charge in [-0.15, -0.1) is 5.10 Å². The number of amides is 1. The molecule has 0 bridgehead atoms. The number of hydrogen-bond acceptors (Lipinski definition) is 8. The predicted octanol–water partition coefficient (Wildman–Crippen LogP) is -0.657. The van der Waals surface area contributed by atoms with E-state index in [-0.39, 0.29) is 23.0 Å². The number of aromatic nitrogens is 5. The molecular weight excluding hydrogens is 318 g/mol. The largest absolute Gasteiger partial charge is 0.353 e. The van der Waals surface area contributed by atoms with Crippen LogP contribution in [-0.2, 0) is 16.6 Å². The van der Waals surface area contributed by atoms with Crippen molar-refractivity contribution in [3.05, 3.63) is 6.33 Å². The molecule has 4 rings (SSSR count). The summed E-state index contributed by atoms with van der Waals surface area (Å²) in [5.41, 5.74) is 1.30. The van der Waals surface area contributed by atoms with E-state index in [0.717, 1.165) is 12.2 Å². The Labute approximate surface area is 135 Å². The van der Waals surface area contributed by atoms with Gasteiger partial charge in [-0.2, -0.15) is 0 Å². The van der Waals surface area contributed by atoms with Gasteiger partial charge in [0.25, 0.3) is 0 Å². The highest BCUT2D eigenvalue weighted by atomic mass is 32.2. The first-order valence-corrected chi connectivity index (χ1v) is 8.34. The number of carbonyl (C=O) groups excluding carboxylic acids is 2. The van der Waals surface area contributed by atoms with Crippen LogP contribution in [0.25, 0.3) is 11.2 Å². The van der Waals surface area contributed by atoms with Crippen molar-refractivity contribution in [1.29, 1.82) is 0 Å². The van der Waals surface area contributed by atoms with Gasteiger partial charge in [-0.05, 0) is 6.42 Å². The number of nitrogens with zero attached hydrogens (tertiary/aromatic N) is 6. The van der Waals surface area contributed by atoms with Crippen molar-refractivity contribution < 1.29 is 9.59 Å². The highest BCUT2D eigenvalue weighted by Gasteiger charge is 2.37. The molecule has 1 unspecified atom stereocenters. The lowest BCUT2D eigenvalue weighted by Crippen LogP contribution is -2.56. The van der Waals surface area contributed by atoms with Crippen LogP contribution in [0.4, 0.5) is 5.82 Å². The molecule has 2 aliphatic rings. The highest BCUT2D eigenvalue weighted by molar-refractivity contribution is 8.14. The zero-order valence-electron chi connectivity index (χ0n) is 12.5. The first kappa shape index (κ1) is 14.4. The Morgan fingerprint density at radius 2 is 2.22 bits per heavy atom. The Morgan fingerprint density at radius 3 is 2.96 bits per heavy atom. The summed E-state index contributed by atoms with van der Waals surface area (Å²) in [4.78, 5) is 34.2. The Balaban J connectivity index is 1.42. The fourth-order valence-corrected chi connectivity index (χ4v) is 3.74. The van der Waals surface area contributed by atoms with Crippen molar-refractivity contribution in [3.8, 4) is 0 Å². The molecule has 1 atom stereocenters. The second-order valence-electron chi connectivity index (χ2n) is 5.70. The summed E-state index contributed by atoms with van der Waals surface area (Å²) >= 11 is 1.29. The number of rotatable bonds is 3. The molecule has 1 N–H and O–H groups in total. The number of hydrogen-bond donors (Lipinski definition) is 1. The van der Waals surface area contributed by atoms with Gasteiger partial charge in [0.1, 0.15) is 6.33 Å². The summed E-state index contributed by atoms with van der Waals surface area (Å²) in [7, 11) is 1.77. The molecule has 2 saturated heterocycles. The molecule has 0 aliphatic carbocycles. The Kier molecular flexibility index (Phi) is 3.40. The van der Waals surface area contributed by atoms with Gasteiger partial charge in [0.2, 0.25) is 11.0 Å². The number of nitrogens with one attached hydrogen (secondary N) is 1. The zero-order valence-corrected chi connectivity index (χ0v) is 13.3. The van der Waals surface area contributed by atoms with Crippen LogP contribution in [0.15, 0.2) is 6.33 Å². The number of carbonyl (C=O) groups is 2. The van der Waals surface area contributed by atoms with Crippen molar-refractivity contribution in [2.24, 2.45) is 13.0 Å². The average molecular weight is 333 g/mol. The molecule has 9 nitrogen and oxygen atoms in total. The molecule has 23 heavy (non-hydrogen) atoms. The molecular formula is C13H15N7O2S. The summed E-state index contributed by atoms with van der Waals surface area (Å²) in [6.07, 6.45) is 2.20. The zero-order chi connectivity index (χ0) is 16.0. The van der Waals surface area contributed by atoms with E-state index in [2.05, 4.69) is 25.6 Å². The fourth-order valence-electron chi connectivity index (χ4n) is 2.81. The van der Waals surface area contributed by atoms with Crippen molar-refractivity contribution in [2.75, 3.05) is 23.7 Å². The molecule has 0 spiro atoms. The van der Waals surface area contributed by atoms with E-state index >= 15 is 0 Å². The van der Waals surface area contributed by atoms with Gasteiger partial charge in [0, 0.05) is 25.9 Å². The van der Waals surface area contributed by atoms with E-state index in [4.69, 9.17) is 0 Å². The molecule has 4 heterocycles. The maximum Gasteiger partial charge on any atom is 0.227 e. The summed E-state index contributed by atoms with van der Waals surface area (Å²) in [6.45, 7) is 1.12. The smallest absolute Gasteiger partial charge is 0.227 e. The van der Waals surface area contributed by atoms with E-state index in [1.54, 1.807) is 11.7 Å². The van der Waals surface area contributed by atoms with Crippen LogP contribution in [-0.4, -0.2) is 60.9 Å². The van der Waals surface area contributed by atoms with Crippen molar-refractivity contribution in [3.63, 3.8) is 0 Å². The Bertz CT molecular complexity index is 786. The van der Waals surface area contributed by atoms with E-state index in [0.29, 0.717) is 30.1 Å². The van der Waals surface area contributed by atoms with Gasteiger partial charge >= 0.3 is 0 Å². The third-order valence-corrected chi connectivity index (χ3v) is 5.18. The first-order valence-electron chi connectivity index (χ1n) is 7.36. The second kappa shape index (κ2) is 5.44. The van der Waals surface area contributed by atoms with Gasteiger partial charge in [-0.25, -0.2) is 14.6 Å². The molecule has 0 aromatic carbocycles. The fraction of sp³-hybridized carbons (Fsp3) is 0.538. The topological polar surface area (TPSA) is 106 Å². The minimum absolute atomic E-state index is 0.0617. The lowest BCUT2D eigenvalue weighted by molar-refractivity contribution is -0.128. The number of aryl methyl sites for hydroxylation is 1. The van der Waals surface area contributed by atoms with Gasteiger partial charge in [-0.3, -0.25) is 9.59 Å². The van der Waals surface area contributed by atoms with Crippen LogP contribution < -0.4 is 10.2 Å². The maximum atomic E-state index is 12.2. The summed E-state index contributed by atoms with van der Waals surface area (Å²) in [5.74, 6) is 1.29. The normalized spacial score (nSPS) is 21.7. The third kappa shape index (κ3) is 2.42. The minimum Gasteiger partial charge on any atom is -0.353 e. The number of thioether (sulfide) groups is 1. The predicted molar refractivity (Wildman–Crippen MR) is 83.8 cm³/mol. The van der Waals surface area contributed by atoms with Crippen molar-refractivity contribution >= 4 is 39.8 Å². The van der Waals surface area contributed by atoms with Crippen LogP contribution >= 0.6 is 11.8 Å². The van der Waals surface area contributed by atoms with Crippen molar-refractivity contribution in [1.82, 2.24) is 30.3 Å². The van der Waals surface area contributed by atoms with Gasteiger partial charge in [0.15, 0.2) is 17.0 Å². The molecule has 2 fully saturated rings. The van der Waals surface area contributed by atoms with E-state index in [1.165, 1.54) is 18.1 Å². The van der Waals surface area contributed by atoms with E-state index in [9.17, 15) is 9.59 Å². The lowest BCUT2D eigenvalue weighted by Gasteiger charge is -2.39. The van der Waals surface area contributed by atoms with Gasteiger partial charge in [0.05, 0.1) is 12.0 Å². The standard InChI is InChI=1S/C13H15N7O2S/c1-19-10-9(17-18-19)11(15-6-14-10)20-4-7(5-20)12(21)16-8-2-3-23-13(8)22/h6-8H,2-5H2,1H3,(H,16,21). The first-order chi connectivity index (χ1) is 11.1. The molecule has 2 aromatic rings. The van der Waals surface area contributed by atoms with Crippen LogP contribution in [0.2, 0.25) is 0 Å². The van der Waals surface area contributed by atoms with Crippen LogP contribution in [0, 0.1) is 5.92 Å². The molecule has 2 aromatic heterocycles. The molecule has 1 amide bonds. The number of anilines is 1. The van der Waals surface area contributed by atoms with E-state index in [1.807, 2.05) is 4.90 Å². The number of fused-ring (bicyclic) bond motifs is 1. The summed E-state index contributed by atoms with van der Waals surface area (Å²) < 4.78 is 1.59. The minimum atomic E-state index is -0.327. The monoisotopic (exact) mass is 333 g/mol. The van der Waals surface area contributed by atoms with Crippen LogP contribution in [0.1, 0.15) is 6.42 Å². The Morgan fingerprint density at radius 1 is 1.39 bits per heavy atom.